The maximum Gasteiger partial charge on any atom is 0.407 e. The van der Waals surface area contributed by atoms with Gasteiger partial charge in [-0.05, 0) is 39.2 Å². The fraction of sp³-hybridized carbons (Fsp3) is 0.571. The third-order valence-electron chi connectivity index (χ3n) is 4.75. The van der Waals surface area contributed by atoms with Crippen LogP contribution in [0.5, 0.6) is 0 Å². The van der Waals surface area contributed by atoms with E-state index in [0.717, 1.165) is 12.0 Å². The van der Waals surface area contributed by atoms with Crippen molar-refractivity contribution >= 4 is 12.0 Å². The molecule has 0 aliphatic carbocycles. The number of alkyl carbamates (subject to hydrolysis) is 1. The summed E-state index contributed by atoms with van der Waals surface area (Å²) in [5, 5.41) is 12.1. The Labute approximate surface area is 161 Å². The van der Waals surface area contributed by atoms with Crippen molar-refractivity contribution in [3.63, 3.8) is 0 Å². The highest BCUT2D eigenvalue weighted by Gasteiger charge is 2.32. The van der Waals surface area contributed by atoms with Crippen LogP contribution in [-0.4, -0.2) is 41.1 Å². The second-order valence-electron chi connectivity index (χ2n) is 8.03. The second kappa shape index (κ2) is 8.90. The van der Waals surface area contributed by atoms with Gasteiger partial charge in [0.25, 0.3) is 0 Å². The number of amides is 2. The molecule has 2 rings (SSSR count). The first kappa shape index (κ1) is 20.8. The van der Waals surface area contributed by atoms with Gasteiger partial charge >= 0.3 is 6.09 Å². The number of nitrogens with one attached hydrogen (secondary N) is 1. The number of carbonyl (C=O) groups excluding carboxylic acids is 2. The summed E-state index contributed by atoms with van der Waals surface area (Å²) in [5.74, 6) is -0.186. The van der Waals surface area contributed by atoms with E-state index in [1.54, 1.807) is 25.7 Å². The highest BCUT2D eigenvalue weighted by Crippen LogP contribution is 2.24. The largest absolute Gasteiger partial charge is 0.444 e. The van der Waals surface area contributed by atoms with E-state index >= 15 is 0 Å². The highest BCUT2D eigenvalue weighted by atomic mass is 16.6. The molecule has 1 saturated heterocycles. The molecule has 2 amide bonds. The Morgan fingerprint density at radius 2 is 2.00 bits per heavy atom. The predicted octanol–water partition coefficient (Wildman–Crippen LogP) is 3.59. The number of ether oxygens (including phenoxy) is 1. The Morgan fingerprint density at radius 1 is 1.33 bits per heavy atom. The van der Waals surface area contributed by atoms with Crippen LogP contribution in [0.2, 0.25) is 0 Å². The Bertz CT molecular complexity index is 691. The molecule has 1 unspecified atom stereocenters. The van der Waals surface area contributed by atoms with Gasteiger partial charge in [0.05, 0.1) is 6.07 Å². The van der Waals surface area contributed by atoms with Crippen LogP contribution in [0, 0.1) is 11.3 Å². The number of nitriles is 1. The maximum absolute atomic E-state index is 12.8. The molecular weight excluding hydrogens is 342 g/mol. The molecule has 0 radical (unpaired) electrons. The molecule has 27 heavy (non-hydrogen) atoms. The fourth-order valence-electron chi connectivity index (χ4n) is 3.31. The van der Waals surface area contributed by atoms with Crippen molar-refractivity contribution in [2.24, 2.45) is 0 Å². The third kappa shape index (κ3) is 5.99. The standard InChI is InChI=1S/C21H29N3O3/c1-15(16-9-6-5-7-10-16)18(23-20(26)27-21(2,3)4)13-19(25)24-12-8-11-17(24)14-22/h5-7,9-10,15,17-18H,8,11-13H2,1-4H3,(H,23,26)/t15?,17-,18+/m0/s1. The molecular formula is C21H29N3O3. The Hall–Kier alpha value is -2.55. The summed E-state index contributed by atoms with van der Waals surface area (Å²) in [6, 6.07) is 11.2. The molecule has 0 bridgehead atoms. The first-order chi connectivity index (χ1) is 12.7. The molecule has 6 nitrogen and oxygen atoms in total. The summed E-state index contributed by atoms with van der Waals surface area (Å²) in [7, 11) is 0. The van der Waals surface area contributed by atoms with E-state index in [9.17, 15) is 14.9 Å². The maximum atomic E-state index is 12.8. The van der Waals surface area contributed by atoms with Crippen LogP contribution in [0.15, 0.2) is 30.3 Å². The van der Waals surface area contributed by atoms with Crippen molar-refractivity contribution in [3.05, 3.63) is 35.9 Å². The van der Waals surface area contributed by atoms with E-state index < -0.39 is 17.7 Å². The fourth-order valence-corrected chi connectivity index (χ4v) is 3.31. The number of rotatable bonds is 5. The van der Waals surface area contributed by atoms with E-state index in [-0.39, 0.29) is 24.3 Å². The van der Waals surface area contributed by atoms with Gasteiger partial charge in [-0.15, -0.1) is 0 Å². The smallest absolute Gasteiger partial charge is 0.407 e. The van der Waals surface area contributed by atoms with Gasteiger partial charge in [-0.2, -0.15) is 5.26 Å². The van der Waals surface area contributed by atoms with Crippen LogP contribution in [0.3, 0.4) is 0 Å². The number of likely N-dealkylation sites (tertiary alicyclic amines) is 1. The number of hydrogen-bond donors (Lipinski definition) is 1. The zero-order valence-corrected chi connectivity index (χ0v) is 16.6. The first-order valence-corrected chi connectivity index (χ1v) is 9.45. The molecule has 1 aliphatic rings. The molecule has 1 fully saturated rings. The van der Waals surface area contributed by atoms with Crippen molar-refractivity contribution < 1.29 is 14.3 Å². The number of hydrogen-bond acceptors (Lipinski definition) is 4. The molecule has 1 aromatic rings. The quantitative estimate of drug-likeness (QED) is 0.857. The molecule has 6 heteroatoms. The zero-order chi connectivity index (χ0) is 20.0. The SMILES string of the molecule is CC(c1ccccc1)[C@@H](CC(=O)N1CCC[C@H]1C#N)NC(=O)OC(C)(C)C. The number of carbonyl (C=O) groups is 2. The van der Waals surface area contributed by atoms with Crippen LogP contribution in [0.1, 0.15) is 58.4 Å². The lowest BCUT2D eigenvalue weighted by Crippen LogP contribution is -2.45. The minimum atomic E-state index is -0.616. The molecule has 1 N–H and O–H groups in total. The van der Waals surface area contributed by atoms with Gasteiger partial charge in [0.15, 0.2) is 0 Å². The average Bonchev–Trinajstić information content (AvgIpc) is 3.08. The third-order valence-corrected chi connectivity index (χ3v) is 4.75. The Morgan fingerprint density at radius 3 is 2.59 bits per heavy atom. The van der Waals surface area contributed by atoms with Gasteiger partial charge in [-0.1, -0.05) is 37.3 Å². The second-order valence-corrected chi connectivity index (χ2v) is 8.03. The van der Waals surface area contributed by atoms with Crippen molar-refractivity contribution in [1.29, 1.82) is 5.26 Å². The number of benzene rings is 1. The zero-order valence-electron chi connectivity index (χ0n) is 16.6. The van der Waals surface area contributed by atoms with Crippen molar-refractivity contribution in [2.45, 2.75) is 70.6 Å². The van der Waals surface area contributed by atoms with Gasteiger partial charge in [0.2, 0.25) is 5.91 Å². The summed E-state index contributed by atoms with van der Waals surface area (Å²) < 4.78 is 5.38. The number of nitrogens with zero attached hydrogens (tertiary/aromatic N) is 2. The van der Waals surface area contributed by atoms with Gasteiger partial charge in [0, 0.05) is 24.9 Å². The normalized spacial score (nSPS) is 19.1. The molecule has 0 saturated carbocycles. The monoisotopic (exact) mass is 371 g/mol. The molecule has 0 spiro atoms. The summed E-state index contributed by atoms with van der Waals surface area (Å²) in [6.07, 6.45) is 1.14. The van der Waals surface area contributed by atoms with Crippen molar-refractivity contribution in [3.8, 4) is 6.07 Å². The minimum Gasteiger partial charge on any atom is -0.444 e. The Balaban J connectivity index is 2.15. The average molecular weight is 371 g/mol. The van der Waals surface area contributed by atoms with Crippen LogP contribution in [-0.2, 0) is 9.53 Å². The molecule has 146 valence electrons. The van der Waals surface area contributed by atoms with E-state index in [4.69, 9.17) is 4.74 Å². The van der Waals surface area contributed by atoms with Crippen molar-refractivity contribution in [2.75, 3.05) is 6.54 Å². The van der Waals surface area contributed by atoms with Crippen molar-refractivity contribution in [1.82, 2.24) is 10.2 Å². The van der Waals surface area contributed by atoms with E-state index in [0.29, 0.717) is 13.0 Å². The Kier molecular flexibility index (Phi) is 6.84. The lowest BCUT2D eigenvalue weighted by molar-refractivity contribution is -0.131. The molecule has 3 atom stereocenters. The molecule has 1 heterocycles. The van der Waals surface area contributed by atoms with Crippen LogP contribution < -0.4 is 5.32 Å². The van der Waals surface area contributed by atoms with Gasteiger partial charge in [-0.25, -0.2) is 4.79 Å². The lowest BCUT2D eigenvalue weighted by atomic mass is 9.91. The highest BCUT2D eigenvalue weighted by molar-refractivity contribution is 5.79. The molecule has 1 aliphatic heterocycles. The van der Waals surface area contributed by atoms with Gasteiger partial charge < -0.3 is 15.0 Å². The first-order valence-electron chi connectivity index (χ1n) is 9.45. The van der Waals surface area contributed by atoms with Crippen LogP contribution in [0.4, 0.5) is 4.79 Å². The van der Waals surface area contributed by atoms with Gasteiger partial charge in [-0.3, -0.25) is 4.79 Å². The van der Waals surface area contributed by atoms with Gasteiger partial charge in [0.1, 0.15) is 11.6 Å². The van der Waals surface area contributed by atoms with Crippen LogP contribution in [0.25, 0.3) is 0 Å². The summed E-state index contributed by atoms with van der Waals surface area (Å²) in [4.78, 5) is 26.8. The summed E-state index contributed by atoms with van der Waals surface area (Å²) in [6.45, 7) is 7.98. The van der Waals surface area contributed by atoms with E-state index in [1.165, 1.54) is 0 Å². The van der Waals surface area contributed by atoms with Crippen LogP contribution >= 0.6 is 0 Å². The summed E-state index contributed by atoms with van der Waals surface area (Å²) in [5.41, 5.74) is 0.416. The van der Waals surface area contributed by atoms with E-state index in [1.807, 2.05) is 37.3 Å². The summed E-state index contributed by atoms with van der Waals surface area (Å²) >= 11 is 0. The molecule has 0 aromatic heterocycles. The molecule has 1 aromatic carbocycles. The minimum absolute atomic E-state index is 0.0780. The lowest BCUT2D eigenvalue weighted by Gasteiger charge is -2.29. The topological polar surface area (TPSA) is 82.4 Å². The predicted molar refractivity (Wildman–Crippen MR) is 103 cm³/mol. The van der Waals surface area contributed by atoms with E-state index in [2.05, 4.69) is 11.4 Å².